The fourth-order valence-corrected chi connectivity index (χ4v) is 3.78. The van der Waals surface area contributed by atoms with Crippen LogP contribution >= 0.6 is 0 Å². The number of hydrogen-bond donors (Lipinski definition) is 1. The van der Waals surface area contributed by atoms with E-state index in [4.69, 9.17) is 9.47 Å². The van der Waals surface area contributed by atoms with E-state index in [2.05, 4.69) is 5.32 Å². The van der Waals surface area contributed by atoms with Crippen molar-refractivity contribution in [3.8, 4) is 5.75 Å². The van der Waals surface area contributed by atoms with E-state index in [-0.39, 0.29) is 11.8 Å². The minimum Gasteiger partial charge on any atom is -0.497 e. The van der Waals surface area contributed by atoms with Gasteiger partial charge >= 0.3 is 5.97 Å². The van der Waals surface area contributed by atoms with E-state index >= 15 is 0 Å². The molecule has 24 heavy (non-hydrogen) atoms. The number of fused-ring (bicyclic) bond motifs is 1. The second-order valence-corrected chi connectivity index (χ2v) is 6.33. The zero-order valence-corrected chi connectivity index (χ0v) is 14.0. The molecule has 0 unspecified atom stereocenters. The normalized spacial score (nSPS) is 32.0. The van der Waals surface area contributed by atoms with Gasteiger partial charge in [-0.15, -0.1) is 0 Å². The van der Waals surface area contributed by atoms with Crippen LogP contribution in [0.2, 0.25) is 0 Å². The first-order valence-electron chi connectivity index (χ1n) is 7.66. The highest BCUT2D eigenvalue weighted by Crippen LogP contribution is 2.48. The molecule has 2 aliphatic rings. The van der Waals surface area contributed by atoms with Crippen molar-refractivity contribution in [2.75, 3.05) is 21.3 Å². The summed E-state index contributed by atoms with van der Waals surface area (Å²) in [6, 6.07) is 6.76. The van der Waals surface area contributed by atoms with Crippen LogP contribution in [0.5, 0.6) is 5.75 Å². The lowest BCUT2D eigenvalue weighted by atomic mass is 9.80. The molecule has 0 aliphatic carbocycles. The Morgan fingerprint density at radius 2 is 1.79 bits per heavy atom. The number of carbonyl (C=O) groups excluding carboxylic acids is 3. The maximum absolute atomic E-state index is 12.6. The first kappa shape index (κ1) is 16.4. The number of imide groups is 1. The van der Waals surface area contributed by atoms with Crippen LogP contribution in [-0.4, -0.2) is 49.5 Å². The predicted molar refractivity (Wildman–Crippen MR) is 84.0 cm³/mol. The molecular weight excluding hydrogens is 312 g/mol. The van der Waals surface area contributed by atoms with Gasteiger partial charge in [0.25, 0.3) is 0 Å². The Labute approximate surface area is 139 Å². The van der Waals surface area contributed by atoms with Crippen molar-refractivity contribution in [2.45, 2.75) is 18.5 Å². The lowest BCUT2D eigenvalue weighted by Gasteiger charge is -2.27. The van der Waals surface area contributed by atoms with Crippen molar-refractivity contribution in [1.29, 1.82) is 0 Å². The summed E-state index contributed by atoms with van der Waals surface area (Å²) in [5, 5.41) is 3.17. The van der Waals surface area contributed by atoms with Crippen molar-refractivity contribution in [2.24, 2.45) is 11.8 Å². The van der Waals surface area contributed by atoms with Crippen LogP contribution in [0.25, 0.3) is 0 Å². The molecule has 1 aromatic carbocycles. The van der Waals surface area contributed by atoms with Gasteiger partial charge in [0.15, 0.2) is 0 Å². The van der Waals surface area contributed by atoms with E-state index < -0.39 is 29.4 Å². The zero-order chi connectivity index (χ0) is 17.6. The van der Waals surface area contributed by atoms with Crippen LogP contribution < -0.4 is 10.1 Å². The SMILES string of the molecule is COC(=O)[C@@]1(C)N[C@@H](c2ccc(OC)cc2)[C@H]2C(=O)N(C)C(=O)[C@H]21. The van der Waals surface area contributed by atoms with Crippen LogP contribution in [0.3, 0.4) is 0 Å². The summed E-state index contributed by atoms with van der Waals surface area (Å²) in [6.45, 7) is 1.62. The number of ether oxygens (including phenoxy) is 2. The second-order valence-electron chi connectivity index (χ2n) is 6.33. The number of likely N-dealkylation sites (tertiary alicyclic amines) is 1. The second kappa shape index (κ2) is 5.59. The van der Waals surface area contributed by atoms with Crippen molar-refractivity contribution in [1.82, 2.24) is 10.2 Å². The molecule has 2 fully saturated rings. The van der Waals surface area contributed by atoms with Crippen molar-refractivity contribution in [3.05, 3.63) is 29.8 Å². The van der Waals surface area contributed by atoms with Gasteiger partial charge in [-0.3, -0.25) is 24.6 Å². The Morgan fingerprint density at radius 1 is 1.17 bits per heavy atom. The van der Waals surface area contributed by atoms with E-state index in [0.717, 1.165) is 10.5 Å². The van der Waals surface area contributed by atoms with Gasteiger partial charge in [0.1, 0.15) is 11.3 Å². The third kappa shape index (κ3) is 2.11. The molecule has 1 aromatic rings. The highest BCUT2D eigenvalue weighted by molar-refractivity contribution is 6.09. The maximum atomic E-state index is 12.6. The molecule has 2 amide bonds. The first-order chi connectivity index (χ1) is 11.3. The van der Waals surface area contributed by atoms with Gasteiger partial charge < -0.3 is 9.47 Å². The maximum Gasteiger partial charge on any atom is 0.326 e. The summed E-state index contributed by atoms with van der Waals surface area (Å²) >= 11 is 0. The van der Waals surface area contributed by atoms with Crippen molar-refractivity contribution >= 4 is 17.8 Å². The fraction of sp³-hybridized carbons (Fsp3) is 0.471. The summed E-state index contributed by atoms with van der Waals surface area (Å²) in [5.41, 5.74) is -0.434. The Bertz CT molecular complexity index is 701. The van der Waals surface area contributed by atoms with Gasteiger partial charge in [-0.2, -0.15) is 0 Å². The van der Waals surface area contributed by atoms with E-state index in [0.29, 0.717) is 5.75 Å². The Kier molecular flexibility index (Phi) is 3.83. The number of rotatable bonds is 3. The van der Waals surface area contributed by atoms with Gasteiger partial charge in [-0.1, -0.05) is 12.1 Å². The van der Waals surface area contributed by atoms with E-state index in [1.54, 1.807) is 26.2 Å². The molecule has 0 spiro atoms. The number of methoxy groups -OCH3 is 2. The lowest BCUT2D eigenvalue weighted by Crippen LogP contribution is -2.53. The average Bonchev–Trinajstić information content (AvgIpc) is 3.04. The van der Waals surface area contributed by atoms with Crippen LogP contribution in [0, 0.1) is 11.8 Å². The number of benzene rings is 1. The molecule has 7 nitrogen and oxygen atoms in total. The molecule has 0 radical (unpaired) electrons. The molecule has 2 heterocycles. The van der Waals surface area contributed by atoms with Gasteiger partial charge in [-0.25, -0.2) is 0 Å². The molecule has 0 saturated carbocycles. The summed E-state index contributed by atoms with van der Waals surface area (Å²) < 4.78 is 10.0. The number of nitrogens with one attached hydrogen (secondary N) is 1. The predicted octanol–water partition coefficient (Wildman–Crippen LogP) is 0.502. The highest BCUT2D eigenvalue weighted by Gasteiger charge is 2.66. The minimum atomic E-state index is -1.25. The number of hydrogen-bond acceptors (Lipinski definition) is 6. The van der Waals surface area contributed by atoms with Gasteiger partial charge in [0.05, 0.1) is 26.1 Å². The summed E-state index contributed by atoms with van der Waals surface area (Å²) in [7, 11) is 4.29. The third-order valence-corrected chi connectivity index (χ3v) is 5.09. The Balaban J connectivity index is 2.06. The lowest BCUT2D eigenvalue weighted by molar-refractivity contribution is -0.152. The zero-order valence-electron chi connectivity index (χ0n) is 14.0. The van der Waals surface area contributed by atoms with Crippen molar-refractivity contribution in [3.63, 3.8) is 0 Å². The smallest absolute Gasteiger partial charge is 0.326 e. The number of amides is 2. The van der Waals surface area contributed by atoms with Gasteiger partial charge in [0, 0.05) is 13.1 Å². The van der Waals surface area contributed by atoms with E-state index in [1.807, 2.05) is 12.1 Å². The highest BCUT2D eigenvalue weighted by atomic mass is 16.5. The fourth-order valence-electron chi connectivity index (χ4n) is 3.78. The van der Waals surface area contributed by atoms with Crippen LogP contribution in [0.15, 0.2) is 24.3 Å². The summed E-state index contributed by atoms with van der Waals surface area (Å²) in [6.07, 6.45) is 0. The average molecular weight is 332 g/mol. The monoisotopic (exact) mass is 332 g/mol. The molecule has 3 rings (SSSR count). The number of carbonyl (C=O) groups is 3. The molecule has 2 saturated heterocycles. The standard InChI is InChI=1S/C17H20N2O5/c1-17(16(22)24-4)12-11(14(20)19(2)15(12)21)13(18-17)9-5-7-10(23-3)8-6-9/h5-8,11-13,18H,1-4H3/t11-,12-,13-,17-/m0/s1. The van der Waals surface area contributed by atoms with E-state index in [1.165, 1.54) is 14.2 Å². The molecule has 1 N–H and O–H groups in total. The van der Waals surface area contributed by atoms with E-state index in [9.17, 15) is 14.4 Å². The first-order valence-corrected chi connectivity index (χ1v) is 7.66. The number of nitrogens with zero attached hydrogens (tertiary/aromatic N) is 1. The molecule has 7 heteroatoms. The molecule has 0 aromatic heterocycles. The third-order valence-electron chi connectivity index (χ3n) is 5.09. The topological polar surface area (TPSA) is 84.9 Å². The molecule has 128 valence electrons. The Morgan fingerprint density at radius 3 is 2.33 bits per heavy atom. The summed E-state index contributed by atoms with van der Waals surface area (Å²) in [4.78, 5) is 38.6. The molecule has 0 bridgehead atoms. The molecule has 4 atom stereocenters. The van der Waals surface area contributed by atoms with Crippen LogP contribution in [0.1, 0.15) is 18.5 Å². The Hall–Kier alpha value is -2.41. The minimum absolute atomic E-state index is 0.286. The van der Waals surface area contributed by atoms with Crippen LogP contribution in [0.4, 0.5) is 0 Å². The van der Waals surface area contributed by atoms with Crippen molar-refractivity contribution < 1.29 is 23.9 Å². The molecule has 2 aliphatic heterocycles. The summed E-state index contributed by atoms with van der Waals surface area (Å²) in [5.74, 6) is -1.93. The van der Waals surface area contributed by atoms with Gasteiger partial charge in [-0.05, 0) is 24.6 Å². The molecular formula is C17H20N2O5. The van der Waals surface area contributed by atoms with Crippen LogP contribution in [-0.2, 0) is 19.1 Å². The quantitative estimate of drug-likeness (QED) is 0.641. The van der Waals surface area contributed by atoms with Gasteiger partial charge in [0.2, 0.25) is 11.8 Å². The largest absolute Gasteiger partial charge is 0.497 e. The number of esters is 1.